The van der Waals surface area contributed by atoms with Gasteiger partial charge in [0.05, 0.1) is 35.3 Å². The fraction of sp³-hybridized carbons (Fsp3) is 0.250. The van der Waals surface area contributed by atoms with Gasteiger partial charge in [0.1, 0.15) is 17.5 Å². The average Bonchev–Trinajstić information content (AvgIpc) is 3.32. The predicted molar refractivity (Wildman–Crippen MR) is 120 cm³/mol. The minimum Gasteiger partial charge on any atom is -0.488 e. The number of rotatable bonds is 6. The van der Waals surface area contributed by atoms with Crippen LogP contribution in [0.2, 0.25) is 0 Å². The molecule has 0 atom stereocenters. The molecule has 0 amide bonds. The number of hydrogen-bond donors (Lipinski definition) is 1. The largest absolute Gasteiger partial charge is 0.488 e. The zero-order valence-corrected chi connectivity index (χ0v) is 18.2. The van der Waals surface area contributed by atoms with Crippen LogP contribution in [0.1, 0.15) is 19.5 Å². The molecule has 0 saturated carbocycles. The summed E-state index contributed by atoms with van der Waals surface area (Å²) in [5.41, 5.74) is 2.62. The van der Waals surface area contributed by atoms with Gasteiger partial charge in [-0.3, -0.25) is 9.97 Å². The van der Waals surface area contributed by atoms with E-state index in [0.29, 0.717) is 23.0 Å². The lowest BCUT2D eigenvalue weighted by atomic mass is 9.90. The number of nitrogens with one attached hydrogen (secondary N) is 1. The van der Waals surface area contributed by atoms with Gasteiger partial charge in [0, 0.05) is 30.4 Å². The molecule has 3 aromatic heterocycles. The molecule has 1 fully saturated rings. The molecule has 1 aromatic carbocycles. The minimum absolute atomic E-state index is 0.221. The van der Waals surface area contributed by atoms with E-state index in [1.165, 1.54) is 0 Å². The maximum absolute atomic E-state index is 9.41. The molecule has 9 heteroatoms. The third-order valence-electron chi connectivity index (χ3n) is 5.40. The molecule has 5 rings (SSSR count). The molecule has 33 heavy (non-hydrogen) atoms. The Morgan fingerprint density at radius 2 is 1.79 bits per heavy atom. The Morgan fingerprint density at radius 1 is 1.03 bits per heavy atom. The van der Waals surface area contributed by atoms with Crippen molar-refractivity contribution in [3.8, 4) is 46.1 Å². The molecular weight excluding hydrogens is 418 g/mol. The van der Waals surface area contributed by atoms with Gasteiger partial charge in [0.15, 0.2) is 0 Å². The van der Waals surface area contributed by atoms with Gasteiger partial charge in [-0.05, 0) is 50.2 Å². The van der Waals surface area contributed by atoms with E-state index < -0.39 is 5.41 Å². The van der Waals surface area contributed by atoms with Gasteiger partial charge >= 0.3 is 0 Å². The summed E-state index contributed by atoms with van der Waals surface area (Å²) in [4.78, 5) is 13.3. The SMILES string of the molecule is CC(C)(C#N)c1cc(-c2cncc(-c3nnc(-c4ccc(OC5CNC5)cc4)o3)n2)ccn1. The number of aromatic nitrogens is 5. The van der Waals surface area contributed by atoms with Crippen LogP contribution >= 0.6 is 0 Å². The second kappa shape index (κ2) is 8.41. The Morgan fingerprint density at radius 3 is 2.52 bits per heavy atom. The Kier molecular flexibility index (Phi) is 5.28. The Balaban J connectivity index is 1.38. The average molecular weight is 439 g/mol. The van der Waals surface area contributed by atoms with Crippen molar-refractivity contribution in [1.82, 2.24) is 30.5 Å². The summed E-state index contributed by atoms with van der Waals surface area (Å²) >= 11 is 0. The van der Waals surface area contributed by atoms with Crippen LogP contribution in [0.4, 0.5) is 0 Å². The van der Waals surface area contributed by atoms with Gasteiger partial charge in [-0.25, -0.2) is 4.98 Å². The van der Waals surface area contributed by atoms with Crippen LogP contribution in [0.3, 0.4) is 0 Å². The molecule has 1 aliphatic heterocycles. The molecule has 0 unspecified atom stereocenters. The van der Waals surface area contributed by atoms with Crippen molar-refractivity contribution in [2.45, 2.75) is 25.4 Å². The maximum Gasteiger partial charge on any atom is 0.268 e. The molecule has 0 radical (unpaired) electrons. The fourth-order valence-electron chi connectivity index (χ4n) is 3.25. The van der Waals surface area contributed by atoms with E-state index in [9.17, 15) is 5.26 Å². The normalized spacial score (nSPS) is 13.8. The zero-order chi connectivity index (χ0) is 22.8. The van der Waals surface area contributed by atoms with E-state index in [1.54, 1.807) is 18.6 Å². The number of hydrogen-bond acceptors (Lipinski definition) is 9. The van der Waals surface area contributed by atoms with Crippen LogP contribution < -0.4 is 10.1 Å². The summed E-state index contributed by atoms with van der Waals surface area (Å²) in [7, 11) is 0. The highest BCUT2D eigenvalue weighted by molar-refractivity contribution is 5.62. The molecule has 0 spiro atoms. The zero-order valence-electron chi connectivity index (χ0n) is 18.2. The van der Waals surface area contributed by atoms with Crippen molar-refractivity contribution in [3.05, 3.63) is 60.7 Å². The molecule has 9 nitrogen and oxygen atoms in total. The number of benzene rings is 1. The Labute approximate surface area is 190 Å². The van der Waals surface area contributed by atoms with Crippen LogP contribution in [-0.4, -0.2) is 44.3 Å². The summed E-state index contributed by atoms with van der Waals surface area (Å²) in [6.45, 7) is 5.38. The highest BCUT2D eigenvalue weighted by Gasteiger charge is 2.22. The molecule has 4 aromatic rings. The monoisotopic (exact) mass is 439 g/mol. The first-order valence-electron chi connectivity index (χ1n) is 10.5. The highest BCUT2D eigenvalue weighted by Crippen LogP contribution is 2.28. The van der Waals surface area contributed by atoms with Crippen LogP contribution in [-0.2, 0) is 5.41 Å². The Hall–Kier alpha value is -4.16. The van der Waals surface area contributed by atoms with E-state index in [0.717, 1.165) is 30.0 Å². The number of nitrogens with zero attached hydrogens (tertiary/aromatic N) is 6. The first kappa shape index (κ1) is 20.7. The van der Waals surface area contributed by atoms with Gasteiger partial charge in [-0.1, -0.05) is 0 Å². The summed E-state index contributed by atoms with van der Waals surface area (Å²) in [6, 6.07) is 13.5. The van der Waals surface area contributed by atoms with E-state index in [1.807, 2.05) is 50.2 Å². The Bertz CT molecular complexity index is 1320. The van der Waals surface area contributed by atoms with Crippen LogP contribution in [0.15, 0.2) is 59.4 Å². The molecule has 1 aliphatic rings. The van der Waals surface area contributed by atoms with Crippen LogP contribution in [0.25, 0.3) is 34.3 Å². The van der Waals surface area contributed by atoms with E-state index >= 15 is 0 Å². The van der Waals surface area contributed by atoms with Crippen molar-refractivity contribution >= 4 is 0 Å². The lowest BCUT2D eigenvalue weighted by molar-refractivity contribution is 0.142. The standard InChI is InChI=1S/C24H21N7O2/c1-24(2,14-25)21-9-16(7-8-28-21)19-12-27-13-20(29-19)23-31-30-22(33-23)15-3-5-17(6-4-15)32-18-10-26-11-18/h3-9,12-13,18,26H,10-11H2,1-2H3. The summed E-state index contributed by atoms with van der Waals surface area (Å²) in [5.74, 6) is 1.46. The first-order chi connectivity index (χ1) is 16.0. The van der Waals surface area contributed by atoms with E-state index in [-0.39, 0.29) is 12.0 Å². The number of ether oxygens (including phenoxy) is 1. The third-order valence-corrected chi connectivity index (χ3v) is 5.40. The van der Waals surface area contributed by atoms with Crippen molar-refractivity contribution in [2.24, 2.45) is 0 Å². The van der Waals surface area contributed by atoms with Crippen molar-refractivity contribution < 1.29 is 9.15 Å². The lowest BCUT2D eigenvalue weighted by Crippen LogP contribution is -2.50. The highest BCUT2D eigenvalue weighted by atomic mass is 16.5. The van der Waals surface area contributed by atoms with E-state index in [4.69, 9.17) is 9.15 Å². The predicted octanol–water partition coefficient (Wildman–Crippen LogP) is 3.41. The molecule has 0 aliphatic carbocycles. The van der Waals surface area contributed by atoms with Gasteiger partial charge in [-0.15, -0.1) is 10.2 Å². The summed E-state index contributed by atoms with van der Waals surface area (Å²) in [6.07, 6.45) is 5.11. The number of pyridine rings is 1. The maximum atomic E-state index is 9.41. The molecule has 164 valence electrons. The van der Waals surface area contributed by atoms with Crippen molar-refractivity contribution in [1.29, 1.82) is 5.26 Å². The van der Waals surface area contributed by atoms with Crippen LogP contribution in [0.5, 0.6) is 5.75 Å². The molecule has 1 N–H and O–H groups in total. The molecular formula is C24H21N7O2. The third kappa shape index (κ3) is 4.29. The van der Waals surface area contributed by atoms with Gasteiger partial charge < -0.3 is 14.5 Å². The van der Waals surface area contributed by atoms with Gasteiger partial charge in [0.2, 0.25) is 5.89 Å². The second-order valence-electron chi connectivity index (χ2n) is 8.29. The minimum atomic E-state index is -0.711. The summed E-state index contributed by atoms with van der Waals surface area (Å²) < 4.78 is 11.7. The quantitative estimate of drug-likeness (QED) is 0.481. The van der Waals surface area contributed by atoms with Crippen LogP contribution in [0, 0.1) is 11.3 Å². The topological polar surface area (TPSA) is 123 Å². The van der Waals surface area contributed by atoms with Gasteiger partial charge in [0.25, 0.3) is 5.89 Å². The molecule has 4 heterocycles. The molecule has 1 saturated heterocycles. The first-order valence-corrected chi connectivity index (χ1v) is 10.5. The molecule has 0 bridgehead atoms. The van der Waals surface area contributed by atoms with Crippen molar-refractivity contribution in [3.63, 3.8) is 0 Å². The van der Waals surface area contributed by atoms with Crippen molar-refractivity contribution in [2.75, 3.05) is 13.1 Å². The second-order valence-corrected chi connectivity index (χ2v) is 8.29. The fourth-order valence-corrected chi connectivity index (χ4v) is 3.25. The smallest absolute Gasteiger partial charge is 0.268 e. The lowest BCUT2D eigenvalue weighted by Gasteiger charge is -2.27. The number of nitriles is 1. The van der Waals surface area contributed by atoms with E-state index in [2.05, 4.69) is 36.5 Å². The van der Waals surface area contributed by atoms with Gasteiger partial charge in [-0.2, -0.15) is 5.26 Å². The summed E-state index contributed by atoms with van der Waals surface area (Å²) in [5, 5.41) is 20.9.